The standard InChI is InChI=1S/C31H38FN5O4/c32-24-8-10-25(11-9-24)36-17-19-37(20-18-36)28(38)22-35-16-5-13-31(23-35)12-3-4-21-41-27-7-2-1-6-26(27)29(39)33-14-15-34-30(31)40/h1-4,6-11H,5,12-23H2,(H,33,39)(H,34,40)/b4-3-. The molecule has 41 heavy (non-hydrogen) atoms. The third-order valence-corrected chi connectivity index (χ3v) is 8.16. The summed E-state index contributed by atoms with van der Waals surface area (Å²) < 4.78 is 19.1. The summed E-state index contributed by atoms with van der Waals surface area (Å²) in [7, 11) is 0. The minimum atomic E-state index is -0.664. The molecule has 2 aromatic carbocycles. The van der Waals surface area contributed by atoms with Gasteiger partial charge in [-0.1, -0.05) is 24.3 Å². The van der Waals surface area contributed by atoms with E-state index in [0.29, 0.717) is 63.5 Å². The first kappa shape index (κ1) is 28.6. The second-order valence-electron chi connectivity index (χ2n) is 10.9. The Balaban J connectivity index is 1.19. The van der Waals surface area contributed by atoms with Gasteiger partial charge in [-0.2, -0.15) is 0 Å². The zero-order valence-electron chi connectivity index (χ0n) is 23.3. The second kappa shape index (κ2) is 13.2. The number of piperidine rings is 1. The number of fused-ring (bicyclic) bond motifs is 1. The molecular formula is C31H38FN5O4. The molecule has 0 radical (unpaired) electrons. The summed E-state index contributed by atoms with van der Waals surface area (Å²) >= 11 is 0. The van der Waals surface area contributed by atoms with Gasteiger partial charge in [-0.25, -0.2) is 4.39 Å². The molecule has 1 spiro atoms. The molecule has 2 N–H and O–H groups in total. The molecule has 0 aliphatic carbocycles. The molecule has 9 nitrogen and oxygen atoms in total. The van der Waals surface area contributed by atoms with Crippen molar-refractivity contribution < 1.29 is 23.5 Å². The summed E-state index contributed by atoms with van der Waals surface area (Å²) in [5.41, 5.74) is 0.756. The SMILES string of the molecule is O=C1NCCNC(=O)C2(C/C=C\COc3ccccc31)CCCN(CC(=O)N1CCN(c3ccc(F)cc3)CC1)C2. The fourth-order valence-electron chi connectivity index (χ4n) is 5.89. The molecule has 5 rings (SSSR count). The van der Waals surface area contributed by atoms with Crippen LogP contribution < -0.4 is 20.3 Å². The maximum atomic E-state index is 13.5. The van der Waals surface area contributed by atoms with Crippen LogP contribution in [0.4, 0.5) is 10.1 Å². The van der Waals surface area contributed by atoms with Crippen molar-refractivity contribution >= 4 is 23.4 Å². The Morgan fingerprint density at radius 1 is 0.927 bits per heavy atom. The van der Waals surface area contributed by atoms with Gasteiger partial charge >= 0.3 is 0 Å². The Bertz CT molecular complexity index is 1260. The van der Waals surface area contributed by atoms with Crippen LogP contribution in [0.2, 0.25) is 0 Å². The number of likely N-dealkylation sites (tertiary alicyclic amines) is 1. The molecule has 2 saturated heterocycles. The van der Waals surface area contributed by atoms with Crippen LogP contribution in [-0.2, 0) is 9.59 Å². The van der Waals surface area contributed by atoms with E-state index in [1.54, 1.807) is 30.3 Å². The fourth-order valence-corrected chi connectivity index (χ4v) is 5.89. The first-order chi connectivity index (χ1) is 19.9. The molecule has 0 aromatic heterocycles. The van der Waals surface area contributed by atoms with Crippen molar-refractivity contribution in [3.05, 3.63) is 72.1 Å². The van der Waals surface area contributed by atoms with Crippen LogP contribution >= 0.6 is 0 Å². The quantitative estimate of drug-likeness (QED) is 0.558. The molecule has 2 fully saturated rings. The van der Waals surface area contributed by atoms with Crippen LogP contribution in [-0.4, -0.2) is 93.0 Å². The van der Waals surface area contributed by atoms with Crippen molar-refractivity contribution in [1.29, 1.82) is 0 Å². The van der Waals surface area contributed by atoms with Crippen LogP contribution in [0.25, 0.3) is 0 Å². The molecule has 1 unspecified atom stereocenters. The molecule has 3 aliphatic heterocycles. The highest BCUT2D eigenvalue weighted by Gasteiger charge is 2.41. The Labute approximate surface area is 240 Å². The number of nitrogens with one attached hydrogen (secondary N) is 2. The van der Waals surface area contributed by atoms with Gasteiger partial charge in [-0.3, -0.25) is 19.3 Å². The van der Waals surface area contributed by atoms with E-state index in [1.807, 2.05) is 23.1 Å². The van der Waals surface area contributed by atoms with Gasteiger partial charge in [-0.15, -0.1) is 0 Å². The lowest BCUT2D eigenvalue weighted by molar-refractivity contribution is -0.139. The van der Waals surface area contributed by atoms with Crippen molar-refractivity contribution in [3.63, 3.8) is 0 Å². The summed E-state index contributed by atoms with van der Waals surface area (Å²) in [4.78, 5) is 45.6. The minimum Gasteiger partial charge on any atom is -0.489 e. The Kier molecular flexibility index (Phi) is 9.18. The number of carbonyl (C=O) groups is 3. The molecule has 10 heteroatoms. The molecule has 218 valence electrons. The largest absolute Gasteiger partial charge is 0.489 e. The van der Waals surface area contributed by atoms with E-state index in [-0.39, 0.29) is 36.7 Å². The summed E-state index contributed by atoms with van der Waals surface area (Å²) in [6, 6.07) is 13.6. The number of amides is 3. The highest BCUT2D eigenvalue weighted by molar-refractivity contribution is 5.97. The highest BCUT2D eigenvalue weighted by Crippen LogP contribution is 2.34. The summed E-state index contributed by atoms with van der Waals surface area (Å²) in [6.45, 7) is 5.01. The topological polar surface area (TPSA) is 94.2 Å². The van der Waals surface area contributed by atoms with Crippen LogP contribution in [0.3, 0.4) is 0 Å². The van der Waals surface area contributed by atoms with Crippen molar-refractivity contribution in [2.24, 2.45) is 5.41 Å². The van der Waals surface area contributed by atoms with Crippen molar-refractivity contribution in [1.82, 2.24) is 20.4 Å². The van der Waals surface area contributed by atoms with E-state index in [4.69, 9.17) is 4.74 Å². The zero-order valence-corrected chi connectivity index (χ0v) is 23.3. The number of benzene rings is 2. The van der Waals surface area contributed by atoms with E-state index in [0.717, 1.165) is 25.1 Å². The van der Waals surface area contributed by atoms with Crippen molar-refractivity contribution in [2.75, 3.05) is 70.4 Å². The first-order valence-corrected chi connectivity index (χ1v) is 14.4. The summed E-state index contributed by atoms with van der Waals surface area (Å²) in [5.74, 6) is 0.0226. The number of hydrogen-bond donors (Lipinski definition) is 2. The molecule has 3 heterocycles. The van der Waals surface area contributed by atoms with Gasteiger partial charge in [0.05, 0.1) is 17.5 Å². The van der Waals surface area contributed by atoms with E-state index in [2.05, 4.69) is 20.4 Å². The first-order valence-electron chi connectivity index (χ1n) is 14.4. The number of piperazine rings is 1. The number of halogens is 1. The van der Waals surface area contributed by atoms with Crippen molar-refractivity contribution in [2.45, 2.75) is 19.3 Å². The maximum Gasteiger partial charge on any atom is 0.255 e. The van der Waals surface area contributed by atoms with Crippen LogP contribution in [0.15, 0.2) is 60.7 Å². The number of hydrogen-bond acceptors (Lipinski definition) is 6. The van der Waals surface area contributed by atoms with Crippen LogP contribution in [0.5, 0.6) is 5.75 Å². The summed E-state index contributed by atoms with van der Waals surface area (Å²) in [6.07, 6.45) is 5.94. The smallest absolute Gasteiger partial charge is 0.255 e. The van der Waals surface area contributed by atoms with Crippen LogP contribution in [0.1, 0.15) is 29.6 Å². The molecular weight excluding hydrogens is 525 g/mol. The average molecular weight is 564 g/mol. The highest BCUT2D eigenvalue weighted by atomic mass is 19.1. The predicted octanol–water partition coefficient (Wildman–Crippen LogP) is 2.44. The van der Waals surface area contributed by atoms with Gasteiger partial charge in [0, 0.05) is 51.5 Å². The number of anilines is 1. The van der Waals surface area contributed by atoms with E-state index < -0.39 is 5.41 Å². The van der Waals surface area contributed by atoms with E-state index in [9.17, 15) is 18.8 Å². The number of allylic oxidation sites excluding steroid dienone is 1. The zero-order chi connectivity index (χ0) is 28.7. The van der Waals surface area contributed by atoms with Crippen molar-refractivity contribution in [3.8, 4) is 5.75 Å². The molecule has 0 saturated carbocycles. The predicted molar refractivity (Wildman–Crippen MR) is 154 cm³/mol. The van der Waals surface area contributed by atoms with E-state index >= 15 is 0 Å². The normalized spacial score (nSPS) is 23.5. The molecule has 0 bridgehead atoms. The number of ether oxygens (including phenoxy) is 1. The van der Waals surface area contributed by atoms with Gasteiger partial charge in [0.25, 0.3) is 5.91 Å². The monoisotopic (exact) mass is 563 g/mol. The third kappa shape index (κ3) is 7.05. The lowest BCUT2D eigenvalue weighted by Gasteiger charge is -2.42. The lowest BCUT2D eigenvalue weighted by atomic mass is 9.76. The van der Waals surface area contributed by atoms with Gasteiger partial charge in [0.15, 0.2) is 0 Å². The van der Waals surface area contributed by atoms with Gasteiger partial charge < -0.3 is 25.2 Å². The second-order valence-corrected chi connectivity index (χ2v) is 10.9. The number of nitrogens with zero attached hydrogens (tertiary/aromatic N) is 3. The summed E-state index contributed by atoms with van der Waals surface area (Å²) in [5, 5.41) is 5.89. The molecule has 3 aliphatic rings. The lowest BCUT2D eigenvalue weighted by Crippen LogP contribution is -2.56. The number of para-hydroxylation sites is 1. The Morgan fingerprint density at radius 3 is 2.49 bits per heavy atom. The van der Waals surface area contributed by atoms with E-state index in [1.165, 1.54) is 12.1 Å². The van der Waals surface area contributed by atoms with Gasteiger partial charge in [-0.05, 0) is 62.2 Å². The maximum absolute atomic E-state index is 13.5. The van der Waals surface area contributed by atoms with Crippen LogP contribution in [0, 0.1) is 11.2 Å². The Morgan fingerprint density at radius 2 is 1.68 bits per heavy atom. The minimum absolute atomic E-state index is 0.0557. The fraction of sp³-hybridized carbons (Fsp3) is 0.452. The number of carbonyl (C=O) groups excluding carboxylic acids is 3. The molecule has 1 atom stereocenters. The van der Waals surface area contributed by atoms with Gasteiger partial charge in [0.1, 0.15) is 18.2 Å². The van der Waals surface area contributed by atoms with Gasteiger partial charge in [0.2, 0.25) is 11.8 Å². The Hall–Kier alpha value is -3.92. The molecule has 2 aromatic rings. The third-order valence-electron chi connectivity index (χ3n) is 8.16. The number of rotatable bonds is 3. The average Bonchev–Trinajstić information content (AvgIpc) is 2.99. The molecule has 3 amide bonds.